The van der Waals surface area contributed by atoms with Crippen molar-refractivity contribution in [3.63, 3.8) is 0 Å². The van der Waals surface area contributed by atoms with Gasteiger partial charge in [0.2, 0.25) is 0 Å². The number of carbonyl (C=O) groups is 1. The van der Waals surface area contributed by atoms with Gasteiger partial charge in [-0.3, -0.25) is 10.1 Å². The number of carbonyl (C=O) groups excluding carboxylic acids is 1. The number of thiazole rings is 1. The minimum absolute atomic E-state index is 0.0557. The number of rotatable bonds is 6. The maximum Gasteiger partial charge on any atom is 0.264 e. The number of aromatic nitrogens is 1. The maximum absolute atomic E-state index is 12.4. The van der Waals surface area contributed by atoms with E-state index in [1.165, 1.54) is 16.9 Å². The summed E-state index contributed by atoms with van der Waals surface area (Å²) in [5.41, 5.74) is 4.22. The molecule has 1 heterocycles. The van der Waals surface area contributed by atoms with Crippen LogP contribution in [0, 0.1) is 13.8 Å². The summed E-state index contributed by atoms with van der Waals surface area (Å²) in [5.74, 6) is 0.806. The Balaban J connectivity index is 1.66. The number of aryl methyl sites for hydroxylation is 2. The number of hydrogen-bond acceptors (Lipinski definition) is 4. The minimum Gasteiger partial charge on any atom is -0.483 e. The molecule has 0 radical (unpaired) electrons. The van der Waals surface area contributed by atoms with Gasteiger partial charge in [-0.05, 0) is 43.5 Å². The van der Waals surface area contributed by atoms with Crippen molar-refractivity contribution in [3.05, 3.63) is 62.9 Å². The van der Waals surface area contributed by atoms with E-state index in [1.54, 1.807) is 0 Å². The molecular formula is C22H23BrN2O2S. The predicted molar refractivity (Wildman–Crippen MR) is 119 cm³/mol. The van der Waals surface area contributed by atoms with Crippen LogP contribution in [0.25, 0.3) is 11.3 Å². The molecule has 0 aliphatic heterocycles. The van der Waals surface area contributed by atoms with E-state index in [0.29, 0.717) is 11.0 Å². The number of nitrogens with one attached hydrogen (secondary N) is 1. The van der Waals surface area contributed by atoms with E-state index < -0.39 is 0 Å². The summed E-state index contributed by atoms with van der Waals surface area (Å²) in [4.78, 5) is 18.0. The van der Waals surface area contributed by atoms with Crippen molar-refractivity contribution in [3.8, 4) is 17.0 Å². The van der Waals surface area contributed by atoms with E-state index in [4.69, 9.17) is 4.74 Å². The first kappa shape index (κ1) is 20.6. The van der Waals surface area contributed by atoms with E-state index in [-0.39, 0.29) is 12.5 Å². The zero-order valence-corrected chi connectivity index (χ0v) is 18.8. The number of benzene rings is 2. The van der Waals surface area contributed by atoms with Gasteiger partial charge in [-0.2, -0.15) is 0 Å². The first-order valence-electron chi connectivity index (χ1n) is 9.10. The predicted octanol–water partition coefficient (Wildman–Crippen LogP) is 6.33. The molecule has 0 saturated heterocycles. The molecule has 1 N–H and O–H groups in total. The molecule has 0 saturated carbocycles. The van der Waals surface area contributed by atoms with Crippen LogP contribution in [0.4, 0.5) is 5.13 Å². The number of ether oxygens (including phenoxy) is 1. The number of amides is 1. The summed E-state index contributed by atoms with van der Waals surface area (Å²) in [6.07, 6.45) is 0. The van der Waals surface area contributed by atoms with E-state index >= 15 is 0 Å². The van der Waals surface area contributed by atoms with Crippen molar-refractivity contribution >= 4 is 38.3 Å². The summed E-state index contributed by atoms with van der Waals surface area (Å²) < 4.78 is 6.76. The lowest BCUT2D eigenvalue weighted by Crippen LogP contribution is -2.20. The molecule has 4 nitrogen and oxygen atoms in total. The fourth-order valence-corrected chi connectivity index (χ4v) is 4.06. The van der Waals surface area contributed by atoms with Crippen LogP contribution in [0.2, 0.25) is 0 Å². The zero-order chi connectivity index (χ0) is 20.3. The largest absolute Gasteiger partial charge is 0.483 e. The Bertz CT molecular complexity index is 981. The van der Waals surface area contributed by atoms with Gasteiger partial charge < -0.3 is 4.74 Å². The lowest BCUT2D eigenvalue weighted by Gasteiger charge is -2.14. The maximum atomic E-state index is 12.4. The van der Waals surface area contributed by atoms with Crippen LogP contribution in [0.15, 0.2) is 46.9 Å². The summed E-state index contributed by atoms with van der Waals surface area (Å²) in [6, 6.07) is 14.0. The second kappa shape index (κ2) is 8.88. The Morgan fingerprint density at radius 3 is 2.57 bits per heavy atom. The highest BCUT2D eigenvalue weighted by Crippen LogP contribution is 2.31. The standard InChI is InChI=1S/C22H23BrN2O2S/c1-13(2)18-11-17(23)9-10-19(18)27-12-20(26)24-22-25-21(15(4)28-22)16-7-5-14(3)6-8-16/h5-11,13H,12H2,1-4H3,(H,24,25,26). The van der Waals surface area contributed by atoms with E-state index in [1.807, 2.05) is 37.3 Å². The van der Waals surface area contributed by atoms with E-state index in [0.717, 1.165) is 31.9 Å². The highest BCUT2D eigenvalue weighted by molar-refractivity contribution is 9.10. The lowest BCUT2D eigenvalue weighted by molar-refractivity contribution is -0.118. The van der Waals surface area contributed by atoms with Crippen molar-refractivity contribution in [1.82, 2.24) is 4.98 Å². The molecule has 0 atom stereocenters. The van der Waals surface area contributed by atoms with Gasteiger partial charge in [0.15, 0.2) is 11.7 Å². The average Bonchev–Trinajstić information content (AvgIpc) is 3.01. The van der Waals surface area contributed by atoms with Gasteiger partial charge in [0, 0.05) is 14.9 Å². The Hall–Kier alpha value is -2.18. The van der Waals surface area contributed by atoms with Crippen LogP contribution in [0.3, 0.4) is 0 Å². The van der Waals surface area contributed by atoms with Crippen molar-refractivity contribution in [2.75, 3.05) is 11.9 Å². The Morgan fingerprint density at radius 1 is 1.18 bits per heavy atom. The number of nitrogens with zero attached hydrogens (tertiary/aromatic N) is 1. The summed E-state index contributed by atoms with van der Waals surface area (Å²) in [6.45, 7) is 8.20. The molecule has 0 bridgehead atoms. The molecule has 0 aliphatic carbocycles. The second-order valence-corrected chi connectivity index (χ2v) is 9.08. The van der Waals surface area contributed by atoms with Crippen LogP contribution in [-0.2, 0) is 4.79 Å². The van der Waals surface area contributed by atoms with Crippen LogP contribution in [0.5, 0.6) is 5.75 Å². The lowest BCUT2D eigenvalue weighted by atomic mass is 10.0. The van der Waals surface area contributed by atoms with Gasteiger partial charge in [-0.25, -0.2) is 4.98 Å². The van der Waals surface area contributed by atoms with E-state index in [9.17, 15) is 4.79 Å². The third kappa shape index (κ3) is 5.00. The molecule has 146 valence electrons. The third-order valence-electron chi connectivity index (χ3n) is 4.32. The molecule has 0 unspecified atom stereocenters. The van der Waals surface area contributed by atoms with E-state index in [2.05, 4.69) is 59.1 Å². The average molecular weight is 459 g/mol. The molecule has 0 spiro atoms. The first-order valence-corrected chi connectivity index (χ1v) is 10.7. The fourth-order valence-electron chi connectivity index (χ4n) is 2.83. The highest BCUT2D eigenvalue weighted by Gasteiger charge is 2.14. The third-order valence-corrected chi connectivity index (χ3v) is 5.70. The fraction of sp³-hybridized carbons (Fsp3) is 0.273. The minimum atomic E-state index is -0.221. The van der Waals surface area contributed by atoms with Crippen LogP contribution in [0.1, 0.15) is 35.8 Å². The molecule has 3 aromatic rings. The second-order valence-electron chi connectivity index (χ2n) is 6.96. The molecule has 6 heteroatoms. The Morgan fingerprint density at radius 2 is 1.89 bits per heavy atom. The molecule has 3 rings (SSSR count). The molecule has 1 amide bonds. The number of halogens is 1. The van der Waals surface area contributed by atoms with Gasteiger partial charge in [-0.1, -0.05) is 59.6 Å². The molecule has 0 aliphatic rings. The first-order chi connectivity index (χ1) is 13.3. The summed E-state index contributed by atoms with van der Waals surface area (Å²) in [7, 11) is 0. The SMILES string of the molecule is Cc1ccc(-c2nc(NC(=O)COc3ccc(Br)cc3C(C)C)sc2C)cc1. The molecule has 2 aromatic carbocycles. The molecule has 1 aromatic heterocycles. The van der Waals surface area contributed by atoms with Gasteiger partial charge in [-0.15, -0.1) is 11.3 Å². The smallest absolute Gasteiger partial charge is 0.264 e. The summed E-state index contributed by atoms with van der Waals surface area (Å²) in [5, 5.41) is 3.43. The number of anilines is 1. The Kier molecular flexibility index (Phi) is 6.52. The normalized spacial score (nSPS) is 10.9. The van der Waals surface area contributed by atoms with Crippen LogP contribution in [-0.4, -0.2) is 17.5 Å². The molecule has 28 heavy (non-hydrogen) atoms. The summed E-state index contributed by atoms with van der Waals surface area (Å²) >= 11 is 4.95. The van der Waals surface area contributed by atoms with Gasteiger partial charge >= 0.3 is 0 Å². The zero-order valence-electron chi connectivity index (χ0n) is 16.4. The van der Waals surface area contributed by atoms with Crippen molar-refractivity contribution in [1.29, 1.82) is 0 Å². The monoisotopic (exact) mass is 458 g/mol. The van der Waals surface area contributed by atoms with Gasteiger partial charge in [0.1, 0.15) is 5.75 Å². The number of hydrogen-bond donors (Lipinski definition) is 1. The Labute approximate surface area is 178 Å². The van der Waals surface area contributed by atoms with Gasteiger partial charge in [0.05, 0.1) is 5.69 Å². The topological polar surface area (TPSA) is 51.2 Å². The molecule has 0 fully saturated rings. The van der Waals surface area contributed by atoms with Gasteiger partial charge in [0.25, 0.3) is 5.91 Å². The van der Waals surface area contributed by atoms with Crippen molar-refractivity contribution in [2.24, 2.45) is 0 Å². The molecular weight excluding hydrogens is 436 g/mol. The van der Waals surface area contributed by atoms with Crippen molar-refractivity contribution in [2.45, 2.75) is 33.6 Å². The van der Waals surface area contributed by atoms with Crippen LogP contribution >= 0.6 is 27.3 Å². The highest BCUT2D eigenvalue weighted by atomic mass is 79.9. The quantitative estimate of drug-likeness (QED) is 0.469. The van der Waals surface area contributed by atoms with Crippen molar-refractivity contribution < 1.29 is 9.53 Å². The van der Waals surface area contributed by atoms with Crippen LogP contribution < -0.4 is 10.1 Å².